The number of nitrogens with one attached hydrogen (secondary N) is 1. The Hall–Kier alpha value is -3.13. The molecule has 0 radical (unpaired) electrons. The molecule has 3 heterocycles. The van der Waals surface area contributed by atoms with E-state index in [-0.39, 0.29) is 17.6 Å². The van der Waals surface area contributed by atoms with Crippen LogP contribution in [0.4, 0.5) is 0 Å². The summed E-state index contributed by atoms with van der Waals surface area (Å²) in [7, 11) is 0. The first-order chi connectivity index (χ1) is 16.1. The van der Waals surface area contributed by atoms with E-state index in [0.29, 0.717) is 39.1 Å². The second-order valence-corrected chi connectivity index (χ2v) is 8.74. The number of carbonyl (C=O) groups excluding carboxylic acids is 3. The predicted molar refractivity (Wildman–Crippen MR) is 124 cm³/mol. The fraction of sp³-hybridized carbons (Fsp3) is 0.480. The average molecular weight is 453 g/mol. The molecule has 176 valence electrons. The first kappa shape index (κ1) is 23.0. The van der Waals surface area contributed by atoms with Crippen LogP contribution in [0.2, 0.25) is 0 Å². The van der Waals surface area contributed by atoms with Crippen molar-refractivity contribution in [3.8, 4) is 0 Å². The maximum atomic E-state index is 13.4. The highest BCUT2D eigenvalue weighted by Gasteiger charge is 2.30. The molecule has 4 rings (SSSR count). The zero-order chi connectivity index (χ0) is 23.0. The molecule has 33 heavy (non-hydrogen) atoms. The molecule has 2 aromatic rings. The zero-order valence-electron chi connectivity index (χ0n) is 18.9. The molecule has 1 atom stereocenters. The number of likely N-dealkylation sites (tertiary alicyclic amines) is 1. The third-order valence-electron chi connectivity index (χ3n) is 6.38. The van der Waals surface area contributed by atoms with Crippen LogP contribution in [0.5, 0.6) is 0 Å². The molecule has 0 unspecified atom stereocenters. The largest absolute Gasteiger partial charge is 0.459 e. The number of hydrogen-bond donors (Lipinski definition) is 1. The van der Waals surface area contributed by atoms with E-state index in [2.05, 4.69) is 10.2 Å². The van der Waals surface area contributed by atoms with Crippen LogP contribution in [0.15, 0.2) is 53.1 Å². The van der Waals surface area contributed by atoms with Gasteiger partial charge in [0.05, 0.1) is 12.8 Å². The van der Waals surface area contributed by atoms with Gasteiger partial charge in [-0.25, -0.2) is 0 Å². The summed E-state index contributed by atoms with van der Waals surface area (Å²) in [6, 6.07) is 12.2. The van der Waals surface area contributed by atoms with E-state index in [4.69, 9.17) is 4.42 Å². The molecule has 0 aliphatic carbocycles. The first-order valence-corrected chi connectivity index (χ1v) is 11.8. The number of amides is 3. The molecule has 2 aliphatic rings. The van der Waals surface area contributed by atoms with Gasteiger partial charge in [-0.05, 0) is 37.0 Å². The van der Waals surface area contributed by atoms with E-state index < -0.39 is 11.9 Å². The van der Waals surface area contributed by atoms with Gasteiger partial charge in [0.15, 0.2) is 5.76 Å². The molecule has 0 bridgehead atoms. The number of benzene rings is 1. The Balaban J connectivity index is 1.34. The SMILES string of the molecule is O=C(N[C@@H](Cc1ccccc1)C(=O)N1CCN(CC(=O)N2CCCCC2)CC1)c1ccco1. The van der Waals surface area contributed by atoms with Crippen LogP contribution in [0.1, 0.15) is 35.4 Å². The van der Waals surface area contributed by atoms with Crippen molar-refractivity contribution in [1.29, 1.82) is 0 Å². The van der Waals surface area contributed by atoms with Gasteiger partial charge in [0.25, 0.3) is 5.91 Å². The molecule has 8 nitrogen and oxygen atoms in total. The van der Waals surface area contributed by atoms with Crippen molar-refractivity contribution in [1.82, 2.24) is 20.0 Å². The van der Waals surface area contributed by atoms with Gasteiger partial charge >= 0.3 is 0 Å². The van der Waals surface area contributed by atoms with Crippen molar-refractivity contribution in [2.24, 2.45) is 0 Å². The third-order valence-corrected chi connectivity index (χ3v) is 6.38. The minimum atomic E-state index is -0.688. The fourth-order valence-corrected chi connectivity index (χ4v) is 4.47. The minimum absolute atomic E-state index is 0.110. The van der Waals surface area contributed by atoms with Crippen LogP contribution < -0.4 is 5.32 Å². The van der Waals surface area contributed by atoms with Crippen molar-refractivity contribution < 1.29 is 18.8 Å². The van der Waals surface area contributed by atoms with E-state index >= 15 is 0 Å². The number of piperazine rings is 1. The third kappa shape index (κ3) is 6.22. The predicted octanol–water partition coefficient (Wildman–Crippen LogP) is 1.78. The molecule has 2 saturated heterocycles. The van der Waals surface area contributed by atoms with Crippen molar-refractivity contribution in [3.05, 3.63) is 60.1 Å². The molecule has 1 N–H and O–H groups in total. The number of rotatable bonds is 7. The van der Waals surface area contributed by atoms with Crippen LogP contribution >= 0.6 is 0 Å². The molecule has 8 heteroatoms. The lowest BCUT2D eigenvalue weighted by Gasteiger charge is -2.37. The van der Waals surface area contributed by atoms with E-state index in [0.717, 1.165) is 31.5 Å². The second-order valence-electron chi connectivity index (χ2n) is 8.74. The summed E-state index contributed by atoms with van der Waals surface area (Å²) in [4.78, 5) is 44.4. The normalized spacial score (nSPS) is 18.1. The Morgan fingerprint density at radius 2 is 1.58 bits per heavy atom. The lowest BCUT2D eigenvalue weighted by Crippen LogP contribution is -2.56. The molecule has 2 aliphatic heterocycles. The van der Waals surface area contributed by atoms with Crippen molar-refractivity contribution in [2.75, 3.05) is 45.8 Å². The Kier molecular flexibility index (Phi) is 7.78. The van der Waals surface area contributed by atoms with Gasteiger partial charge in [0.2, 0.25) is 11.8 Å². The van der Waals surface area contributed by atoms with Crippen LogP contribution in [-0.2, 0) is 16.0 Å². The van der Waals surface area contributed by atoms with Gasteiger partial charge in [0, 0.05) is 45.7 Å². The second kappa shape index (κ2) is 11.1. The maximum Gasteiger partial charge on any atom is 0.287 e. The Morgan fingerprint density at radius 3 is 2.24 bits per heavy atom. The quantitative estimate of drug-likeness (QED) is 0.692. The van der Waals surface area contributed by atoms with E-state index in [1.807, 2.05) is 35.2 Å². The van der Waals surface area contributed by atoms with E-state index in [1.165, 1.54) is 12.7 Å². The summed E-state index contributed by atoms with van der Waals surface area (Å²) < 4.78 is 5.19. The lowest BCUT2D eigenvalue weighted by atomic mass is 10.0. The first-order valence-electron chi connectivity index (χ1n) is 11.8. The van der Waals surface area contributed by atoms with Crippen LogP contribution in [0.3, 0.4) is 0 Å². The summed E-state index contributed by atoms with van der Waals surface area (Å²) in [6.45, 7) is 4.49. The highest BCUT2D eigenvalue weighted by Crippen LogP contribution is 2.13. The minimum Gasteiger partial charge on any atom is -0.459 e. The summed E-state index contributed by atoms with van der Waals surface area (Å²) in [5, 5.41) is 2.85. The van der Waals surface area contributed by atoms with Crippen LogP contribution in [0.25, 0.3) is 0 Å². The number of nitrogens with zero attached hydrogens (tertiary/aromatic N) is 3. The molecule has 1 aromatic heterocycles. The summed E-state index contributed by atoms with van der Waals surface area (Å²) in [5.74, 6) is -0.148. The highest BCUT2D eigenvalue weighted by atomic mass is 16.3. The van der Waals surface area contributed by atoms with Crippen molar-refractivity contribution in [3.63, 3.8) is 0 Å². The van der Waals surface area contributed by atoms with E-state index in [9.17, 15) is 14.4 Å². The molecular weight excluding hydrogens is 420 g/mol. The summed E-state index contributed by atoms with van der Waals surface area (Å²) in [5.41, 5.74) is 0.973. The zero-order valence-corrected chi connectivity index (χ0v) is 18.9. The van der Waals surface area contributed by atoms with Gasteiger partial charge < -0.3 is 19.5 Å². The average Bonchev–Trinajstić information content (AvgIpc) is 3.40. The summed E-state index contributed by atoms with van der Waals surface area (Å²) in [6.07, 6.45) is 5.21. The standard InChI is InChI=1S/C25H32N4O4/c30-23(28-11-5-2-6-12-28)19-27-13-15-29(16-14-27)25(32)21(18-20-8-3-1-4-9-20)26-24(31)22-10-7-17-33-22/h1,3-4,7-10,17,21H,2,5-6,11-16,18-19H2,(H,26,31)/t21-/m0/s1. The number of furan rings is 1. The molecule has 3 amide bonds. The van der Waals surface area contributed by atoms with Gasteiger partial charge in [-0.3, -0.25) is 19.3 Å². The fourth-order valence-electron chi connectivity index (χ4n) is 4.47. The van der Waals surface area contributed by atoms with Gasteiger partial charge in [0.1, 0.15) is 6.04 Å². The van der Waals surface area contributed by atoms with Crippen molar-refractivity contribution in [2.45, 2.75) is 31.7 Å². The molecule has 0 saturated carbocycles. The van der Waals surface area contributed by atoms with Gasteiger partial charge in [-0.1, -0.05) is 30.3 Å². The summed E-state index contributed by atoms with van der Waals surface area (Å²) >= 11 is 0. The molecule has 0 spiro atoms. The smallest absolute Gasteiger partial charge is 0.287 e. The topological polar surface area (TPSA) is 86.1 Å². The monoisotopic (exact) mass is 452 g/mol. The highest BCUT2D eigenvalue weighted by molar-refractivity contribution is 5.95. The lowest BCUT2D eigenvalue weighted by molar-refractivity contribution is -0.136. The maximum absolute atomic E-state index is 13.4. The molecular formula is C25H32N4O4. The Bertz CT molecular complexity index is 917. The molecule has 2 fully saturated rings. The van der Waals surface area contributed by atoms with Gasteiger partial charge in [-0.15, -0.1) is 0 Å². The number of carbonyl (C=O) groups is 3. The Morgan fingerprint density at radius 1 is 0.848 bits per heavy atom. The number of hydrogen-bond acceptors (Lipinski definition) is 5. The Labute approximate surface area is 194 Å². The van der Waals surface area contributed by atoms with Crippen LogP contribution in [0, 0.1) is 0 Å². The van der Waals surface area contributed by atoms with E-state index in [1.54, 1.807) is 17.0 Å². The number of piperidine rings is 1. The molecule has 1 aromatic carbocycles. The van der Waals surface area contributed by atoms with Gasteiger partial charge in [-0.2, -0.15) is 0 Å². The van der Waals surface area contributed by atoms with Crippen LogP contribution in [-0.4, -0.2) is 84.3 Å². The van der Waals surface area contributed by atoms with Crippen molar-refractivity contribution >= 4 is 17.7 Å².